The number of pyridine rings is 1. The first-order valence-electron chi connectivity index (χ1n) is 7.45. The molecule has 0 spiro atoms. The Balaban J connectivity index is 1.41. The number of aromatic nitrogens is 3. The van der Waals surface area contributed by atoms with Gasteiger partial charge in [0.2, 0.25) is 5.13 Å². The van der Waals surface area contributed by atoms with Crippen molar-refractivity contribution in [2.45, 2.75) is 38.2 Å². The molecule has 0 amide bonds. The van der Waals surface area contributed by atoms with Crippen LogP contribution in [0.4, 0.5) is 5.13 Å². The summed E-state index contributed by atoms with van der Waals surface area (Å²) in [6.07, 6.45) is 7.38. The third-order valence-corrected chi connectivity index (χ3v) is 4.84. The lowest BCUT2D eigenvalue weighted by molar-refractivity contribution is 0.223. The minimum atomic E-state index is 0.222. The van der Waals surface area contributed by atoms with Crippen LogP contribution in [0.25, 0.3) is 0 Å². The highest BCUT2D eigenvalue weighted by Gasteiger charge is 2.31. The van der Waals surface area contributed by atoms with E-state index in [1.165, 1.54) is 24.4 Å². The molecule has 0 bridgehead atoms. The molecule has 2 fully saturated rings. The van der Waals surface area contributed by atoms with Crippen LogP contribution in [0.3, 0.4) is 0 Å². The third-order valence-electron chi connectivity index (χ3n) is 4.05. The van der Waals surface area contributed by atoms with Crippen molar-refractivity contribution in [3.05, 3.63) is 29.8 Å². The Labute approximate surface area is 128 Å². The Bertz CT molecular complexity index is 640. The largest absolute Gasteiger partial charge is 0.488 e. The summed E-state index contributed by atoms with van der Waals surface area (Å²) < 4.78 is 10.6. The second-order valence-corrected chi connectivity index (χ2v) is 6.56. The van der Waals surface area contributed by atoms with Crippen LogP contribution < -0.4 is 9.64 Å². The Morgan fingerprint density at radius 2 is 2.24 bits per heavy atom. The van der Waals surface area contributed by atoms with Crippen molar-refractivity contribution in [1.29, 1.82) is 0 Å². The maximum Gasteiger partial charge on any atom is 0.205 e. The highest BCUT2D eigenvalue weighted by atomic mass is 32.1. The number of nitrogens with zero attached hydrogens (tertiary/aromatic N) is 4. The topological polar surface area (TPSA) is 51.1 Å². The lowest BCUT2D eigenvalue weighted by Crippen LogP contribution is -2.24. The molecule has 1 unspecified atom stereocenters. The summed E-state index contributed by atoms with van der Waals surface area (Å²) in [7, 11) is 0. The number of aryl methyl sites for hydroxylation is 1. The van der Waals surface area contributed by atoms with Gasteiger partial charge in [-0.1, -0.05) is 0 Å². The van der Waals surface area contributed by atoms with Crippen LogP contribution in [0.15, 0.2) is 18.5 Å². The van der Waals surface area contributed by atoms with Gasteiger partial charge in [0.15, 0.2) is 0 Å². The molecule has 4 rings (SSSR count). The molecule has 1 aliphatic carbocycles. The van der Waals surface area contributed by atoms with Crippen LogP contribution in [-0.2, 0) is 0 Å². The van der Waals surface area contributed by atoms with Crippen molar-refractivity contribution in [3.8, 4) is 5.75 Å². The molecule has 2 aromatic heterocycles. The first-order valence-corrected chi connectivity index (χ1v) is 8.23. The van der Waals surface area contributed by atoms with E-state index in [0.29, 0.717) is 5.92 Å². The first-order chi connectivity index (χ1) is 10.3. The maximum atomic E-state index is 6.10. The van der Waals surface area contributed by atoms with Crippen molar-refractivity contribution in [2.75, 3.05) is 18.0 Å². The van der Waals surface area contributed by atoms with E-state index in [2.05, 4.69) is 19.2 Å². The van der Waals surface area contributed by atoms with Gasteiger partial charge in [0.1, 0.15) is 17.7 Å². The Hall–Kier alpha value is -1.69. The lowest BCUT2D eigenvalue weighted by Gasteiger charge is -2.16. The van der Waals surface area contributed by atoms with Crippen LogP contribution in [0.5, 0.6) is 5.75 Å². The summed E-state index contributed by atoms with van der Waals surface area (Å²) in [5, 5.41) is 1.05. The number of ether oxygens (including phenoxy) is 1. The van der Waals surface area contributed by atoms with E-state index >= 15 is 0 Å². The van der Waals surface area contributed by atoms with E-state index < -0.39 is 0 Å². The fourth-order valence-corrected chi connectivity index (χ4v) is 3.41. The summed E-state index contributed by atoms with van der Waals surface area (Å²) in [4.78, 5) is 11.1. The Morgan fingerprint density at radius 1 is 1.33 bits per heavy atom. The summed E-state index contributed by atoms with van der Waals surface area (Å²) in [6.45, 7) is 3.91. The zero-order valence-electron chi connectivity index (χ0n) is 12.0. The maximum absolute atomic E-state index is 6.10. The van der Waals surface area contributed by atoms with Gasteiger partial charge in [-0.25, -0.2) is 4.98 Å². The Morgan fingerprint density at radius 3 is 3.05 bits per heavy atom. The number of anilines is 1. The monoisotopic (exact) mass is 302 g/mol. The molecule has 3 heterocycles. The van der Waals surface area contributed by atoms with Gasteiger partial charge in [0.25, 0.3) is 0 Å². The van der Waals surface area contributed by atoms with Crippen LogP contribution in [0.2, 0.25) is 0 Å². The molecule has 1 saturated heterocycles. The first kappa shape index (κ1) is 13.0. The van der Waals surface area contributed by atoms with Gasteiger partial charge in [-0.15, -0.1) is 0 Å². The molecule has 21 heavy (non-hydrogen) atoms. The molecule has 0 aromatic carbocycles. The molecule has 5 nitrogen and oxygen atoms in total. The molecule has 110 valence electrons. The molecule has 1 aliphatic heterocycles. The second-order valence-electron chi connectivity index (χ2n) is 5.83. The van der Waals surface area contributed by atoms with Gasteiger partial charge in [0, 0.05) is 48.4 Å². The smallest absolute Gasteiger partial charge is 0.205 e. The molecule has 2 aliphatic rings. The molecule has 0 radical (unpaired) electrons. The molecule has 6 heteroatoms. The minimum Gasteiger partial charge on any atom is -0.488 e. The highest BCUT2D eigenvalue weighted by molar-refractivity contribution is 7.09. The van der Waals surface area contributed by atoms with Crippen LogP contribution in [0.1, 0.15) is 36.6 Å². The summed E-state index contributed by atoms with van der Waals surface area (Å²) in [5.41, 5.74) is 1.09. The quantitative estimate of drug-likeness (QED) is 0.869. The van der Waals surface area contributed by atoms with Crippen molar-refractivity contribution < 1.29 is 4.74 Å². The third kappa shape index (κ3) is 2.72. The lowest BCUT2D eigenvalue weighted by atomic mass is 10.2. The standard InChI is InChI=1S/C15H18N4OS/c1-10-8-16-6-4-13(10)20-12-5-7-19(9-12)15-17-14(18-21-15)11-2-3-11/h4,6,8,11-12H,2-3,5,7,9H2,1H3. The number of hydrogen-bond acceptors (Lipinski definition) is 6. The zero-order chi connectivity index (χ0) is 14.2. The van der Waals surface area contributed by atoms with E-state index in [4.69, 9.17) is 4.74 Å². The average Bonchev–Trinajstić information content (AvgIpc) is 3.04. The van der Waals surface area contributed by atoms with Crippen LogP contribution in [-0.4, -0.2) is 33.5 Å². The zero-order valence-corrected chi connectivity index (χ0v) is 12.8. The normalized spacial score (nSPS) is 21.8. The fourth-order valence-electron chi connectivity index (χ4n) is 2.63. The van der Waals surface area contributed by atoms with E-state index in [1.54, 1.807) is 6.20 Å². The van der Waals surface area contributed by atoms with Crippen molar-refractivity contribution >= 4 is 16.7 Å². The fraction of sp³-hybridized carbons (Fsp3) is 0.533. The van der Waals surface area contributed by atoms with E-state index in [9.17, 15) is 0 Å². The second kappa shape index (κ2) is 5.26. The van der Waals surface area contributed by atoms with Crippen molar-refractivity contribution in [3.63, 3.8) is 0 Å². The average molecular weight is 302 g/mol. The number of rotatable bonds is 4. The van der Waals surface area contributed by atoms with E-state index in [-0.39, 0.29) is 6.10 Å². The van der Waals surface area contributed by atoms with Crippen molar-refractivity contribution in [2.24, 2.45) is 0 Å². The molecule has 2 aromatic rings. The SMILES string of the molecule is Cc1cnccc1OC1CCN(c2nc(C3CC3)ns2)C1. The van der Waals surface area contributed by atoms with Gasteiger partial charge in [0.05, 0.1) is 6.54 Å². The minimum absolute atomic E-state index is 0.222. The Kier molecular flexibility index (Phi) is 3.25. The van der Waals surface area contributed by atoms with Gasteiger partial charge in [-0.2, -0.15) is 4.37 Å². The predicted molar refractivity (Wildman–Crippen MR) is 82.1 cm³/mol. The molecular weight excluding hydrogens is 284 g/mol. The number of hydrogen-bond donors (Lipinski definition) is 0. The molecule has 1 atom stereocenters. The molecule has 0 N–H and O–H groups in total. The van der Waals surface area contributed by atoms with Crippen LogP contribution in [0, 0.1) is 6.92 Å². The van der Waals surface area contributed by atoms with Gasteiger partial charge in [-0.3, -0.25) is 4.98 Å². The molecule has 1 saturated carbocycles. The van der Waals surface area contributed by atoms with Gasteiger partial charge < -0.3 is 9.64 Å². The highest BCUT2D eigenvalue weighted by Crippen LogP contribution is 2.40. The van der Waals surface area contributed by atoms with E-state index in [0.717, 1.165) is 41.8 Å². The molecular formula is C15H18N4OS. The van der Waals surface area contributed by atoms with E-state index in [1.807, 2.05) is 19.2 Å². The predicted octanol–water partition coefficient (Wildman–Crippen LogP) is 2.78. The van der Waals surface area contributed by atoms with Gasteiger partial charge >= 0.3 is 0 Å². The summed E-state index contributed by atoms with van der Waals surface area (Å²) in [5.74, 6) is 2.61. The van der Waals surface area contributed by atoms with Crippen molar-refractivity contribution in [1.82, 2.24) is 14.3 Å². The van der Waals surface area contributed by atoms with Crippen LogP contribution >= 0.6 is 11.5 Å². The summed E-state index contributed by atoms with van der Waals surface area (Å²) >= 11 is 1.53. The van der Waals surface area contributed by atoms with Gasteiger partial charge in [-0.05, 0) is 25.8 Å². The summed E-state index contributed by atoms with van der Waals surface area (Å²) in [6, 6.07) is 1.94.